The van der Waals surface area contributed by atoms with Gasteiger partial charge in [0.15, 0.2) is 0 Å². The van der Waals surface area contributed by atoms with E-state index in [4.69, 9.17) is 0 Å². The van der Waals surface area contributed by atoms with E-state index in [1.54, 1.807) is 43.3 Å². The zero-order valence-corrected chi connectivity index (χ0v) is 18.3. The number of benzene rings is 3. The number of carbonyl (C=O) groups is 2. The molecule has 0 heterocycles. The Labute approximate surface area is 190 Å². The molecule has 1 unspecified atom stereocenters. The van der Waals surface area contributed by atoms with Gasteiger partial charge in [0, 0.05) is 23.6 Å². The molecule has 2 amide bonds. The van der Waals surface area contributed by atoms with Gasteiger partial charge in [-0.2, -0.15) is 0 Å². The average molecular weight is 450 g/mol. The summed E-state index contributed by atoms with van der Waals surface area (Å²) >= 11 is 1.28. The van der Waals surface area contributed by atoms with Crippen LogP contribution >= 0.6 is 11.8 Å². The molecule has 7 nitrogen and oxygen atoms in total. The number of thioether (sulfide) groups is 1. The quantitative estimate of drug-likeness (QED) is 0.280. The van der Waals surface area contributed by atoms with E-state index < -0.39 is 10.2 Å². The monoisotopic (exact) mass is 449 g/mol. The van der Waals surface area contributed by atoms with Gasteiger partial charge in [0.05, 0.1) is 21.4 Å². The van der Waals surface area contributed by atoms with Gasteiger partial charge < -0.3 is 10.6 Å². The van der Waals surface area contributed by atoms with Crippen molar-refractivity contribution in [1.29, 1.82) is 0 Å². The van der Waals surface area contributed by atoms with Crippen molar-refractivity contribution in [3.63, 3.8) is 0 Å². The van der Waals surface area contributed by atoms with Gasteiger partial charge in [0.2, 0.25) is 5.91 Å². The Kier molecular flexibility index (Phi) is 7.99. The number of carbonyl (C=O) groups excluding carboxylic acids is 2. The van der Waals surface area contributed by atoms with Crippen molar-refractivity contribution in [1.82, 2.24) is 5.32 Å². The highest BCUT2D eigenvalue weighted by atomic mass is 32.2. The number of hydrogen-bond donors (Lipinski definition) is 2. The van der Waals surface area contributed by atoms with E-state index in [0.717, 1.165) is 10.5 Å². The minimum absolute atomic E-state index is 0.00124. The third-order valence-electron chi connectivity index (χ3n) is 4.70. The van der Waals surface area contributed by atoms with Crippen molar-refractivity contribution in [2.75, 3.05) is 11.9 Å². The van der Waals surface area contributed by atoms with Crippen LogP contribution in [0.4, 0.5) is 11.4 Å². The minimum Gasteiger partial charge on any atom is -0.352 e. The molecule has 0 saturated heterocycles. The van der Waals surface area contributed by atoms with E-state index in [9.17, 15) is 19.7 Å². The number of amides is 2. The van der Waals surface area contributed by atoms with E-state index in [1.807, 2.05) is 30.3 Å². The molecule has 0 saturated carbocycles. The van der Waals surface area contributed by atoms with Crippen molar-refractivity contribution < 1.29 is 14.5 Å². The number of non-ortho nitro benzene ring substituents is 1. The number of para-hydroxylation sites is 1. The van der Waals surface area contributed by atoms with Crippen LogP contribution in [0.5, 0.6) is 0 Å². The molecular weight excluding hydrogens is 426 g/mol. The maximum Gasteiger partial charge on any atom is 0.269 e. The van der Waals surface area contributed by atoms with Crippen LogP contribution in [0.2, 0.25) is 0 Å². The maximum atomic E-state index is 12.7. The molecule has 32 heavy (non-hydrogen) atoms. The summed E-state index contributed by atoms with van der Waals surface area (Å²) in [7, 11) is 0. The van der Waals surface area contributed by atoms with Crippen LogP contribution in [0, 0.1) is 10.1 Å². The van der Waals surface area contributed by atoms with Gasteiger partial charge in [-0.1, -0.05) is 42.5 Å². The summed E-state index contributed by atoms with van der Waals surface area (Å²) in [5, 5.41) is 16.0. The molecule has 0 fully saturated rings. The molecule has 3 aromatic rings. The number of hydrogen-bond acceptors (Lipinski definition) is 5. The smallest absolute Gasteiger partial charge is 0.269 e. The molecule has 8 heteroatoms. The molecule has 3 rings (SSSR count). The summed E-state index contributed by atoms with van der Waals surface area (Å²) < 4.78 is 0. The van der Waals surface area contributed by atoms with Gasteiger partial charge in [-0.3, -0.25) is 19.7 Å². The van der Waals surface area contributed by atoms with E-state index in [0.29, 0.717) is 24.2 Å². The topological polar surface area (TPSA) is 101 Å². The van der Waals surface area contributed by atoms with Crippen LogP contribution < -0.4 is 10.6 Å². The Bertz CT molecular complexity index is 1090. The molecule has 3 aromatic carbocycles. The Morgan fingerprint density at radius 2 is 1.62 bits per heavy atom. The highest BCUT2D eigenvalue weighted by molar-refractivity contribution is 8.00. The lowest BCUT2D eigenvalue weighted by Gasteiger charge is -2.15. The number of nitro groups is 1. The molecule has 0 aliphatic heterocycles. The lowest BCUT2D eigenvalue weighted by Crippen LogP contribution is -2.28. The molecule has 164 valence electrons. The lowest BCUT2D eigenvalue weighted by molar-refractivity contribution is -0.384. The van der Waals surface area contributed by atoms with Gasteiger partial charge >= 0.3 is 0 Å². The number of nitro benzene ring substituents is 1. The average Bonchev–Trinajstić information content (AvgIpc) is 2.80. The van der Waals surface area contributed by atoms with E-state index in [2.05, 4.69) is 10.6 Å². The molecule has 0 aromatic heterocycles. The highest BCUT2D eigenvalue weighted by Gasteiger charge is 2.18. The number of rotatable bonds is 9. The summed E-state index contributed by atoms with van der Waals surface area (Å²) in [6, 6.07) is 22.8. The predicted octanol–water partition coefficient (Wildman–Crippen LogP) is 4.69. The highest BCUT2D eigenvalue weighted by Crippen LogP contribution is 2.26. The standard InChI is InChI=1S/C24H23N3O4S/c1-17(32-20-13-11-19(12-14-20)27(30)31)23(28)26-22-10-6-5-9-21(22)24(29)25-16-15-18-7-3-2-4-8-18/h2-14,17H,15-16H2,1H3,(H,25,29)(H,26,28). The largest absolute Gasteiger partial charge is 0.352 e. The Hall–Kier alpha value is -3.65. The second-order valence-electron chi connectivity index (χ2n) is 7.04. The zero-order chi connectivity index (χ0) is 22.9. The summed E-state index contributed by atoms with van der Waals surface area (Å²) in [5.41, 5.74) is 1.96. The molecule has 0 aliphatic carbocycles. The van der Waals surface area contributed by atoms with E-state index in [-0.39, 0.29) is 17.5 Å². The van der Waals surface area contributed by atoms with Crippen LogP contribution in [-0.4, -0.2) is 28.5 Å². The Morgan fingerprint density at radius 3 is 2.31 bits per heavy atom. The first-order chi connectivity index (χ1) is 15.4. The molecular formula is C24H23N3O4S. The van der Waals surface area contributed by atoms with Gasteiger partial charge in [-0.15, -0.1) is 11.8 Å². The summed E-state index contributed by atoms with van der Waals surface area (Å²) in [5.74, 6) is -0.523. The van der Waals surface area contributed by atoms with E-state index in [1.165, 1.54) is 23.9 Å². The predicted molar refractivity (Wildman–Crippen MR) is 126 cm³/mol. The zero-order valence-electron chi connectivity index (χ0n) is 17.5. The third-order valence-corrected chi connectivity index (χ3v) is 5.81. The Balaban J connectivity index is 1.58. The van der Waals surface area contributed by atoms with Crippen molar-refractivity contribution in [3.05, 3.63) is 100 Å². The Morgan fingerprint density at radius 1 is 0.969 bits per heavy atom. The fourth-order valence-electron chi connectivity index (χ4n) is 2.99. The lowest BCUT2D eigenvalue weighted by atomic mass is 10.1. The van der Waals surface area contributed by atoms with Crippen molar-refractivity contribution in [2.45, 2.75) is 23.5 Å². The van der Waals surface area contributed by atoms with Crippen molar-refractivity contribution in [3.8, 4) is 0 Å². The first-order valence-electron chi connectivity index (χ1n) is 10.1. The van der Waals surface area contributed by atoms with Gasteiger partial charge in [-0.25, -0.2) is 0 Å². The van der Waals surface area contributed by atoms with Crippen molar-refractivity contribution >= 4 is 35.0 Å². The van der Waals surface area contributed by atoms with Crippen LogP contribution in [0.3, 0.4) is 0 Å². The van der Waals surface area contributed by atoms with Crippen molar-refractivity contribution in [2.24, 2.45) is 0 Å². The minimum atomic E-state index is -0.467. The molecule has 0 radical (unpaired) electrons. The SMILES string of the molecule is CC(Sc1ccc([N+](=O)[O-])cc1)C(=O)Nc1ccccc1C(=O)NCCc1ccccc1. The first kappa shape index (κ1) is 23.0. The number of nitrogens with zero attached hydrogens (tertiary/aromatic N) is 1. The second-order valence-corrected chi connectivity index (χ2v) is 8.45. The summed E-state index contributed by atoms with van der Waals surface area (Å²) in [6.45, 7) is 2.22. The van der Waals surface area contributed by atoms with Gasteiger partial charge in [0.1, 0.15) is 0 Å². The summed E-state index contributed by atoms with van der Waals surface area (Å²) in [4.78, 5) is 36.4. The molecule has 0 bridgehead atoms. The van der Waals surface area contributed by atoms with E-state index >= 15 is 0 Å². The van der Waals surface area contributed by atoms with Crippen LogP contribution in [0.15, 0.2) is 83.8 Å². The number of anilines is 1. The van der Waals surface area contributed by atoms with Crippen LogP contribution in [-0.2, 0) is 11.2 Å². The second kappa shape index (κ2) is 11.1. The number of nitrogens with one attached hydrogen (secondary N) is 2. The summed E-state index contributed by atoms with van der Waals surface area (Å²) in [6.07, 6.45) is 0.712. The van der Waals surface area contributed by atoms with Gasteiger partial charge in [-0.05, 0) is 43.2 Å². The third kappa shape index (κ3) is 6.42. The fraction of sp³-hybridized carbons (Fsp3) is 0.167. The molecule has 0 spiro atoms. The fourth-order valence-corrected chi connectivity index (χ4v) is 3.86. The first-order valence-corrected chi connectivity index (χ1v) is 10.9. The maximum absolute atomic E-state index is 12.7. The normalized spacial score (nSPS) is 11.4. The van der Waals surface area contributed by atoms with Crippen LogP contribution in [0.25, 0.3) is 0 Å². The molecule has 1 atom stereocenters. The van der Waals surface area contributed by atoms with Crippen LogP contribution in [0.1, 0.15) is 22.8 Å². The molecule has 2 N–H and O–H groups in total. The van der Waals surface area contributed by atoms with Gasteiger partial charge in [0.25, 0.3) is 11.6 Å². The molecule has 0 aliphatic rings.